The molecule has 2 aliphatic heterocycles. The SMILES string of the molecule is CC1(C)C(=CC=C2CCCC(C=CC3=[N+](CCCCS(=O)(=O)O)c4ccc5cc(Br)ccc5c4C3(C)C)=C2Cl)N(CCCCS(=O)(=O)O)c2ccc3cc(Br)ccc3c21. The van der Waals surface area contributed by atoms with E-state index in [9.17, 15) is 25.9 Å². The van der Waals surface area contributed by atoms with Gasteiger partial charge < -0.3 is 4.90 Å². The minimum absolute atomic E-state index is 0.272. The number of unbranched alkanes of at least 4 members (excludes halogenated alkanes) is 2. The average molecular weight is 986 g/mol. The maximum absolute atomic E-state index is 11.5. The molecule has 0 aromatic heterocycles. The van der Waals surface area contributed by atoms with Crippen molar-refractivity contribution in [1.29, 1.82) is 0 Å². The molecule has 13 heteroatoms. The number of rotatable bonds is 13. The summed E-state index contributed by atoms with van der Waals surface area (Å²) in [6, 6.07) is 21.3. The van der Waals surface area contributed by atoms with Gasteiger partial charge in [-0.3, -0.25) is 9.11 Å². The molecule has 0 unspecified atom stereocenters. The molecular weight excluding hydrogens is 936 g/mol. The zero-order chi connectivity index (χ0) is 42.5. The number of anilines is 1. The first-order valence-electron chi connectivity index (χ1n) is 20.0. The highest BCUT2D eigenvalue weighted by Gasteiger charge is 2.46. The predicted molar refractivity (Wildman–Crippen MR) is 250 cm³/mol. The van der Waals surface area contributed by atoms with Crippen molar-refractivity contribution in [3.05, 3.63) is 127 Å². The predicted octanol–water partition coefficient (Wildman–Crippen LogP) is 12.1. The number of benzene rings is 4. The molecule has 0 saturated carbocycles. The van der Waals surface area contributed by atoms with E-state index in [2.05, 4.69) is 154 Å². The maximum Gasteiger partial charge on any atom is 0.264 e. The van der Waals surface area contributed by atoms with Crippen LogP contribution in [0.25, 0.3) is 21.5 Å². The summed E-state index contributed by atoms with van der Waals surface area (Å²) in [7, 11) is -8.09. The number of hydrogen-bond acceptors (Lipinski definition) is 5. The van der Waals surface area contributed by atoms with Crippen molar-refractivity contribution in [2.75, 3.05) is 29.5 Å². The van der Waals surface area contributed by atoms with Gasteiger partial charge in [0.1, 0.15) is 6.54 Å². The first kappa shape index (κ1) is 44.0. The highest BCUT2D eigenvalue weighted by molar-refractivity contribution is 9.10. The van der Waals surface area contributed by atoms with Gasteiger partial charge >= 0.3 is 0 Å². The Morgan fingerprint density at radius 3 is 2.00 bits per heavy atom. The standard InChI is InChI=1S/C46H49Br2ClN2O6S2/c1-45(2)40(50(24-5-7-26-58(52,53)54)38-20-12-32-28-34(47)16-18-36(32)42(38)45)22-14-30-10-9-11-31(44(30)49)15-23-41-46(3,4)43-37-19-17-35(48)29-33(37)13-21-39(43)51(41)25-6-8-27-59(55,56)57/h12-23,28-29H,5-11,24-27H2,1-4H3,(H-,52,53,54,55,56,57)/p+1. The molecule has 2 heterocycles. The average Bonchev–Trinajstić information content (AvgIpc) is 3.51. The third-order valence-corrected chi connectivity index (χ3v) is 15.1. The van der Waals surface area contributed by atoms with Gasteiger partial charge in [-0.2, -0.15) is 21.4 Å². The van der Waals surface area contributed by atoms with E-state index in [1.165, 1.54) is 21.9 Å². The Morgan fingerprint density at radius 1 is 0.746 bits per heavy atom. The van der Waals surface area contributed by atoms with E-state index in [1.54, 1.807) is 0 Å². The number of allylic oxidation sites excluding steroid dienone is 8. The van der Waals surface area contributed by atoms with Gasteiger partial charge in [0.25, 0.3) is 20.2 Å². The molecule has 59 heavy (non-hydrogen) atoms. The Labute approximate surface area is 370 Å². The fraction of sp³-hybridized carbons (Fsp3) is 0.370. The summed E-state index contributed by atoms with van der Waals surface area (Å²) in [6.45, 7) is 10.1. The van der Waals surface area contributed by atoms with Crippen LogP contribution < -0.4 is 4.90 Å². The normalized spacial score (nSPS) is 19.3. The maximum atomic E-state index is 11.5. The zero-order valence-corrected chi connectivity index (χ0v) is 39.3. The highest BCUT2D eigenvalue weighted by atomic mass is 79.9. The van der Waals surface area contributed by atoms with Crippen molar-refractivity contribution in [3.8, 4) is 0 Å². The molecule has 0 fully saturated rings. The molecule has 0 amide bonds. The zero-order valence-electron chi connectivity index (χ0n) is 33.7. The molecule has 0 radical (unpaired) electrons. The van der Waals surface area contributed by atoms with Gasteiger partial charge in [-0.05, 0) is 133 Å². The monoisotopic (exact) mass is 983 g/mol. The van der Waals surface area contributed by atoms with E-state index in [4.69, 9.17) is 11.6 Å². The van der Waals surface area contributed by atoms with Crippen molar-refractivity contribution in [2.45, 2.75) is 83.5 Å². The van der Waals surface area contributed by atoms with Gasteiger partial charge in [-0.15, -0.1) is 0 Å². The first-order chi connectivity index (χ1) is 27.8. The van der Waals surface area contributed by atoms with E-state index in [1.807, 2.05) is 0 Å². The lowest BCUT2D eigenvalue weighted by Gasteiger charge is -2.27. The lowest BCUT2D eigenvalue weighted by Crippen LogP contribution is -2.28. The van der Waals surface area contributed by atoms with Gasteiger partial charge in [-0.1, -0.05) is 87.7 Å². The smallest absolute Gasteiger partial charge is 0.264 e. The fourth-order valence-electron chi connectivity index (χ4n) is 9.29. The van der Waals surface area contributed by atoms with E-state index >= 15 is 0 Å². The van der Waals surface area contributed by atoms with Crippen LogP contribution in [0.1, 0.15) is 83.8 Å². The van der Waals surface area contributed by atoms with Crippen molar-refractivity contribution in [3.63, 3.8) is 0 Å². The van der Waals surface area contributed by atoms with E-state index < -0.39 is 20.2 Å². The van der Waals surface area contributed by atoms with Crippen LogP contribution in [0.15, 0.2) is 116 Å². The minimum Gasteiger partial charge on any atom is -0.344 e. The van der Waals surface area contributed by atoms with Crippen LogP contribution in [0.4, 0.5) is 11.4 Å². The quantitative estimate of drug-likeness (QED) is 0.0779. The lowest BCUT2D eigenvalue weighted by molar-refractivity contribution is -0.438. The molecule has 4 aromatic rings. The lowest BCUT2D eigenvalue weighted by atomic mass is 9.78. The molecule has 4 aromatic carbocycles. The minimum atomic E-state index is -4.05. The third-order valence-electron chi connectivity index (χ3n) is 12.0. The Kier molecular flexibility index (Phi) is 12.7. The largest absolute Gasteiger partial charge is 0.344 e. The molecule has 0 atom stereocenters. The summed E-state index contributed by atoms with van der Waals surface area (Å²) in [5, 5.41) is 5.34. The molecule has 312 valence electrons. The van der Waals surface area contributed by atoms with Crippen molar-refractivity contribution < 1.29 is 30.5 Å². The van der Waals surface area contributed by atoms with Crippen molar-refractivity contribution in [2.24, 2.45) is 0 Å². The summed E-state index contributed by atoms with van der Waals surface area (Å²) >= 11 is 14.6. The second-order valence-electron chi connectivity index (χ2n) is 16.8. The Hall–Kier alpha value is -3.10. The molecule has 0 saturated heterocycles. The number of halogens is 3. The number of hydrogen-bond donors (Lipinski definition) is 2. The Morgan fingerprint density at radius 2 is 1.36 bits per heavy atom. The number of nitrogens with zero attached hydrogens (tertiary/aromatic N) is 2. The summed E-state index contributed by atoms with van der Waals surface area (Å²) in [5.41, 5.74) is 8.17. The van der Waals surface area contributed by atoms with Gasteiger partial charge in [0.05, 0.1) is 16.9 Å². The van der Waals surface area contributed by atoms with Gasteiger partial charge in [-0.25, -0.2) is 0 Å². The van der Waals surface area contributed by atoms with Crippen molar-refractivity contribution >= 4 is 102 Å². The topological polar surface area (TPSA) is 115 Å². The van der Waals surface area contributed by atoms with Crippen LogP contribution in [0.3, 0.4) is 0 Å². The summed E-state index contributed by atoms with van der Waals surface area (Å²) in [5.74, 6) is -0.545. The Balaban J connectivity index is 1.25. The van der Waals surface area contributed by atoms with Gasteiger partial charge in [0.15, 0.2) is 5.71 Å². The van der Waals surface area contributed by atoms with Crippen LogP contribution in [0.2, 0.25) is 0 Å². The van der Waals surface area contributed by atoms with Crippen LogP contribution in [0.5, 0.6) is 0 Å². The second-order valence-corrected chi connectivity index (χ2v) is 22.2. The summed E-state index contributed by atoms with van der Waals surface area (Å²) < 4.78 is 69.2. The van der Waals surface area contributed by atoms with Crippen LogP contribution >= 0.6 is 43.5 Å². The number of fused-ring (bicyclic) bond motifs is 6. The third kappa shape index (κ3) is 9.25. The van der Waals surface area contributed by atoms with Gasteiger partial charge in [0.2, 0.25) is 5.69 Å². The summed E-state index contributed by atoms with van der Waals surface area (Å²) in [4.78, 5) is 2.29. The molecule has 2 N–H and O–H groups in total. The molecule has 3 aliphatic rings. The van der Waals surface area contributed by atoms with Crippen LogP contribution in [0, 0.1) is 0 Å². The molecule has 0 bridgehead atoms. The molecule has 7 rings (SSSR count). The highest BCUT2D eigenvalue weighted by Crippen LogP contribution is 2.51. The second kappa shape index (κ2) is 17.0. The molecule has 8 nitrogen and oxygen atoms in total. The fourth-order valence-corrected chi connectivity index (χ4v) is 11.5. The van der Waals surface area contributed by atoms with E-state index in [0.717, 1.165) is 77.9 Å². The summed E-state index contributed by atoms with van der Waals surface area (Å²) in [6.07, 6.45) is 13.1. The van der Waals surface area contributed by atoms with Crippen molar-refractivity contribution in [1.82, 2.24) is 0 Å². The van der Waals surface area contributed by atoms with E-state index in [-0.39, 0.29) is 22.3 Å². The van der Waals surface area contributed by atoms with Crippen LogP contribution in [-0.2, 0) is 31.1 Å². The Bertz CT molecular complexity index is 2750. The molecule has 0 spiro atoms. The van der Waals surface area contributed by atoms with E-state index in [0.29, 0.717) is 38.8 Å². The molecule has 1 aliphatic carbocycles. The van der Waals surface area contributed by atoms with Gasteiger partial charge in [0, 0.05) is 61.4 Å². The molecular formula is C46H50Br2ClN2O6S2+. The first-order valence-corrected chi connectivity index (χ1v) is 25.2. The van der Waals surface area contributed by atoms with Crippen LogP contribution in [-0.4, -0.2) is 60.8 Å².